The van der Waals surface area contributed by atoms with E-state index in [0.29, 0.717) is 5.02 Å². The molecule has 0 radical (unpaired) electrons. The minimum Gasteiger partial charge on any atom is -0.463 e. The van der Waals surface area contributed by atoms with E-state index in [1.165, 1.54) is 45.0 Å². The van der Waals surface area contributed by atoms with Crippen molar-refractivity contribution in [1.29, 1.82) is 0 Å². The highest BCUT2D eigenvalue weighted by molar-refractivity contribution is 6.30. The molecule has 10 nitrogen and oxygen atoms in total. The zero-order chi connectivity index (χ0) is 21.7. The highest BCUT2D eigenvalue weighted by atomic mass is 35.5. The lowest BCUT2D eigenvalue weighted by Gasteiger charge is -2.33. The molecule has 2 aromatic rings. The average molecular weight is 425 g/mol. The molecule has 29 heavy (non-hydrogen) atoms. The molecule has 2 rings (SSSR count). The lowest BCUT2D eigenvalue weighted by Crippen LogP contribution is -2.54. The summed E-state index contributed by atoms with van der Waals surface area (Å²) in [4.78, 5) is 39.5. The van der Waals surface area contributed by atoms with Gasteiger partial charge >= 0.3 is 11.9 Å². The van der Waals surface area contributed by atoms with Crippen molar-refractivity contribution >= 4 is 29.3 Å². The van der Waals surface area contributed by atoms with Gasteiger partial charge in [-0.1, -0.05) is 11.6 Å². The van der Waals surface area contributed by atoms with Gasteiger partial charge in [0.1, 0.15) is 31.6 Å². The Labute approximate surface area is 171 Å². The SMILES string of the molecule is CC(=O)NCC(=O)OCC(C)(C)C(=O)C(O)(Oc1ccc(Cl)cc1)n1cncn1. The van der Waals surface area contributed by atoms with Crippen molar-refractivity contribution in [1.82, 2.24) is 20.1 Å². The second-order valence-electron chi connectivity index (χ2n) is 6.79. The molecular weight excluding hydrogens is 404 g/mol. The fraction of sp³-hybridized carbons (Fsp3) is 0.389. The fourth-order valence-corrected chi connectivity index (χ4v) is 2.37. The summed E-state index contributed by atoms with van der Waals surface area (Å²) in [5, 5.41) is 17.6. The molecule has 0 spiro atoms. The summed E-state index contributed by atoms with van der Waals surface area (Å²) in [7, 11) is 0. The van der Waals surface area contributed by atoms with Gasteiger partial charge in [0, 0.05) is 11.9 Å². The maximum absolute atomic E-state index is 13.2. The van der Waals surface area contributed by atoms with E-state index in [4.69, 9.17) is 21.1 Å². The third-order valence-electron chi connectivity index (χ3n) is 3.79. The summed E-state index contributed by atoms with van der Waals surface area (Å²) in [6.45, 7) is 3.48. The van der Waals surface area contributed by atoms with E-state index in [0.717, 1.165) is 17.3 Å². The van der Waals surface area contributed by atoms with Crippen molar-refractivity contribution in [2.45, 2.75) is 26.7 Å². The Morgan fingerprint density at radius 3 is 2.45 bits per heavy atom. The number of halogens is 1. The summed E-state index contributed by atoms with van der Waals surface area (Å²) in [6.07, 6.45) is 2.25. The van der Waals surface area contributed by atoms with Crippen LogP contribution in [0, 0.1) is 5.41 Å². The van der Waals surface area contributed by atoms with Crippen molar-refractivity contribution < 1.29 is 29.0 Å². The van der Waals surface area contributed by atoms with E-state index in [1.807, 2.05) is 0 Å². The van der Waals surface area contributed by atoms with Gasteiger partial charge in [-0.05, 0) is 38.1 Å². The highest BCUT2D eigenvalue weighted by Crippen LogP contribution is 2.30. The van der Waals surface area contributed by atoms with Gasteiger partial charge in [0.15, 0.2) is 0 Å². The number of ketones is 1. The predicted octanol–water partition coefficient (Wildman–Crippen LogP) is 0.888. The van der Waals surface area contributed by atoms with Gasteiger partial charge in [0.25, 0.3) is 0 Å². The Balaban J connectivity index is 2.21. The summed E-state index contributed by atoms with van der Waals surface area (Å²) in [5.74, 6) is -4.37. The molecule has 1 atom stereocenters. The Hall–Kier alpha value is -2.98. The number of Topliss-reactive ketones (excluding diaryl/α,β-unsaturated/α-hetero) is 1. The van der Waals surface area contributed by atoms with Crippen LogP contribution in [0.15, 0.2) is 36.9 Å². The molecule has 0 saturated carbocycles. The van der Waals surface area contributed by atoms with Crippen LogP contribution < -0.4 is 10.1 Å². The third-order valence-corrected chi connectivity index (χ3v) is 4.04. The quantitative estimate of drug-likeness (QED) is 0.448. The number of esters is 1. The van der Waals surface area contributed by atoms with Gasteiger partial charge in [-0.15, -0.1) is 0 Å². The van der Waals surface area contributed by atoms with Crippen molar-refractivity contribution in [3.63, 3.8) is 0 Å². The van der Waals surface area contributed by atoms with E-state index >= 15 is 0 Å². The Bertz CT molecular complexity index is 869. The van der Waals surface area contributed by atoms with E-state index in [9.17, 15) is 19.5 Å². The van der Waals surface area contributed by atoms with E-state index in [1.54, 1.807) is 0 Å². The molecule has 1 aromatic heterocycles. The zero-order valence-electron chi connectivity index (χ0n) is 16.1. The van der Waals surface area contributed by atoms with E-state index in [2.05, 4.69) is 15.4 Å². The third kappa shape index (κ3) is 5.75. The van der Waals surface area contributed by atoms with Crippen LogP contribution in [-0.2, 0) is 25.0 Å². The topological polar surface area (TPSA) is 133 Å². The van der Waals surface area contributed by atoms with Crippen molar-refractivity contribution in [2.24, 2.45) is 5.41 Å². The molecule has 0 aliphatic carbocycles. The second-order valence-corrected chi connectivity index (χ2v) is 7.22. The van der Waals surface area contributed by atoms with Crippen molar-refractivity contribution in [3.05, 3.63) is 41.9 Å². The Morgan fingerprint density at radius 2 is 1.90 bits per heavy atom. The number of hydrogen-bond acceptors (Lipinski definition) is 8. The molecule has 1 unspecified atom stereocenters. The molecule has 1 amide bonds. The van der Waals surface area contributed by atoms with Crippen LogP contribution in [0.1, 0.15) is 20.8 Å². The fourth-order valence-electron chi connectivity index (χ4n) is 2.24. The number of nitrogens with zero attached hydrogens (tertiary/aromatic N) is 3. The van der Waals surface area contributed by atoms with Gasteiger partial charge in [-0.25, -0.2) is 4.98 Å². The number of rotatable bonds is 9. The van der Waals surface area contributed by atoms with E-state index < -0.39 is 29.0 Å². The summed E-state index contributed by atoms with van der Waals surface area (Å²) in [6, 6.07) is 5.99. The number of amides is 1. The van der Waals surface area contributed by atoms with Gasteiger partial charge in [-0.2, -0.15) is 9.78 Å². The number of aliphatic hydroxyl groups is 1. The molecule has 0 bridgehead atoms. The number of nitrogens with one attached hydrogen (secondary N) is 1. The first-order valence-electron chi connectivity index (χ1n) is 8.51. The van der Waals surface area contributed by atoms with Crippen LogP contribution in [0.3, 0.4) is 0 Å². The first kappa shape index (κ1) is 22.3. The molecular formula is C18H21ClN4O6. The maximum atomic E-state index is 13.2. The standard InChI is InChI=1S/C18H21ClN4O6/c1-12(24)21-8-15(25)28-9-17(2,3)16(26)18(27,23-11-20-10-22-23)29-14-6-4-13(19)5-7-14/h4-7,10-11,27H,8-9H2,1-3H3,(H,21,24). The number of carbonyl (C=O) groups is 3. The number of benzene rings is 1. The average Bonchev–Trinajstić information content (AvgIpc) is 3.21. The van der Waals surface area contributed by atoms with Crippen LogP contribution in [0.5, 0.6) is 5.75 Å². The number of ether oxygens (including phenoxy) is 2. The van der Waals surface area contributed by atoms with Crippen LogP contribution in [0.2, 0.25) is 5.02 Å². The van der Waals surface area contributed by atoms with Gasteiger partial charge in [0.05, 0.1) is 5.41 Å². The summed E-state index contributed by atoms with van der Waals surface area (Å²) < 4.78 is 11.5. The van der Waals surface area contributed by atoms with Crippen LogP contribution in [-0.4, -0.2) is 50.7 Å². The lowest BCUT2D eigenvalue weighted by molar-refractivity contribution is -0.222. The Kier molecular flexibility index (Phi) is 6.93. The molecule has 0 fully saturated rings. The number of aromatic nitrogens is 3. The first-order chi connectivity index (χ1) is 13.5. The molecule has 0 saturated heterocycles. The van der Waals surface area contributed by atoms with Gasteiger partial charge in [-0.3, -0.25) is 14.4 Å². The first-order valence-corrected chi connectivity index (χ1v) is 8.89. The molecule has 2 N–H and O–H groups in total. The lowest BCUT2D eigenvalue weighted by atomic mass is 9.86. The van der Waals surface area contributed by atoms with Crippen LogP contribution in [0.4, 0.5) is 0 Å². The molecule has 1 heterocycles. The van der Waals surface area contributed by atoms with Crippen molar-refractivity contribution in [3.8, 4) is 5.75 Å². The molecule has 0 aliphatic rings. The minimum absolute atomic E-state index is 0.152. The molecule has 0 aliphatic heterocycles. The molecule has 1 aromatic carbocycles. The normalized spacial score (nSPS) is 13.3. The van der Waals surface area contributed by atoms with Crippen molar-refractivity contribution in [2.75, 3.05) is 13.2 Å². The number of hydrogen-bond donors (Lipinski definition) is 2. The molecule has 11 heteroatoms. The summed E-state index contributed by atoms with van der Waals surface area (Å²) >= 11 is 5.85. The Morgan fingerprint density at radius 1 is 1.24 bits per heavy atom. The smallest absolute Gasteiger partial charge is 0.376 e. The predicted molar refractivity (Wildman–Crippen MR) is 101 cm³/mol. The molecule has 156 valence electrons. The largest absolute Gasteiger partial charge is 0.463 e. The van der Waals surface area contributed by atoms with Gasteiger partial charge in [0.2, 0.25) is 11.7 Å². The van der Waals surface area contributed by atoms with Crippen LogP contribution >= 0.6 is 11.6 Å². The minimum atomic E-state index is -2.56. The number of carbonyl (C=O) groups excluding carboxylic acids is 3. The van der Waals surface area contributed by atoms with Crippen LogP contribution in [0.25, 0.3) is 0 Å². The maximum Gasteiger partial charge on any atom is 0.376 e. The second kappa shape index (κ2) is 9.01. The van der Waals surface area contributed by atoms with Gasteiger partial charge < -0.3 is 19.9 Å². The summed E-state index contributed by atoms with van der Waals surface area (Å²) in [5.41, 5.74) is -1.38. The highest BCUT2D eigenvalue weighted by Gasteiger charge is 2.50. The zero-order valence-corrected chi connectivity index (χ0v) is 16.8. The van der Waals surface area contributed by atoms with E-state index in [-0.39, 0.29) is 18.9 Å². The monoisotopic (exact) mass is 424 g/mol.